The number of aryl methyl sites for hydroxylation is 1. The van der Waals surface area contributed by atoms with Gasteiger partial charge in [0.15, 0.2) is 0 Å². The number of amides is 1. The number of methoxy groups -OCH3 is 1. The SMILES string of the molecule is CCCCN1C(=O)C(=O)/C(=C(\O)c2cc(C)ccc2OC)C1c1ccco1. The van der Waals surface area contributed by atoms with E-state index in [-0.39, 0.29) is 11.3 Å². The summed E-state index contributed by atoms with van der Waals surface area (Å²) in [7, 11) is 1.49. The molecule has 1 aliphatic heterocycles. The molecule has 0 saturated carbocycles. The maximum absolute atomic E-state index is 12.8. The quantitative estimate of drug-likeness (QED) is 0.476. The third-order valence-electron chi connectivity index (χ3n) is 4.72. The van der Waals surface area contributed by atoms with E-state index in [0.29, 0.717) is 23.6 Å². The van der Waals surface area contributed by atoms with Crippen LogP contribution < -0.4 is 4.74 Å². The monoisotopic (exact) mass is 369 g/mol. The molecule has 1 N–H and O–H groups in total. The van der Waals surface area contributed by atoms with Crippen molar-refractivity contribution in [2.24, 2.45) is 0 Å². The van der Waals surface area contributed by atoms with Crippen molar-refractivity contribution in [3.63, 3.8) is 0 Å². The number of benzene rings is 1. The van der Waals surface area contributed by atoms with Gasteiger partial charge in [0.2, 0.25) is 0 Å². The molecule has 0 radical (unpaired) electrons. The minimum Gasteiger partial charge on any atom is -0.507 e. The molecule has 1 atom stereocenters. The number of hydrogen-bond donors (Lipinski definition) is 1. The van der Waals surface area contributed by atoms with Crippen molar-refractivity contribution in [2.75, 3.05) is 13.7 Å². The summed E-state index contributed by atoms with van der Waals surface area (Å²) in [5.74, 6) is -0.726. The van der Waals surface area contributed by atoms with Gasteiger partial charge < -0.3 is 19.2 Å². The number of ketones is 1. The van der Waals surface area contributed by atoms with E-state index < -0.39 is 17.7 Å². The van der Waals surface area contributed by atoms with Gasteiger partial charge in [-0.15, -0.1) is 0 Å². The van der Waals surface area contributed by atoms with Gasteiger partial charge in [-0.1, -0.05) is 25.0 Å². The fourth-order valence-corrected chi connectivity index (χ4v) is 3.33. The van der Waals surface area contributed by atoms with Crippen LogP contribution in [0.1, 0.15) is 42.7 Å². The smallest absolute Gasteiger partial charge is 0.295 e. The Balaban J connectivity index is 2.19. The molecule has 1 amide bonds. The third kappa shape index (κ3) is 3.35. The average molecular weight is 369 g/mol. The lowest BCUT2D eigenvalue weighted by Gasteiger charge is -2.23. The summed E-state index contributed by atoms with van der Waals surface area (Å²) >= 11 is 0. The predicted molar refractivity (Wildman–Crippen MR) is 100 cm³/mol. The predicted octanol–water partition coefficient (Wildman–Crippen LogP) is 3.82. The van der Waals surface area contributed by atoms with Crippen LogP contribution in [0.4, 0.5) is 0 Å². The average Bonchev–Trinajstić information content (AvgIpc) is 3.27. The number of hydrogen-bond acceptors (Lipinski definition) is 5. The maximum Gasteiger partial charge on any atom is 0.295 e. The van der Waals surface area contributed by atoms with Crippen LogP contribution in [0.3, 0.4) is 0 Å². The van der Waals surface area contributed by atoms with Crippen LogP contribution in [0, 0.1) is 6.92 Å². The molecule has 142 valence electrons. The Morgan fingerprint density at radius 3 is 2.70 bits per heavy atom. The molecule has 3 rings (SSSR count). The summed E-state index contributed by atoms with van der Waals surface area (Å²) in [4.78, 5) is 26.9. The zero-order valence-corrected chi connectivity index (χ0v) is 15.7. The molecule has 2 heterocycles. The molecule has 0 aliphatic carbocycles. The number of unbranched alkanes of at least 4 members (excludes halogenated alkanes) is 1. The van der Waals surface area contributed by atoms with E-state index in [2.05, 4.69) is 0 Å². The zero-order chi connectivity index (χ0) is 19.6. The number of furan rings is 1. The van der Waals surface area contributed by atoms with E-state index in [9.17, 15) is 14.7 Å². The van der Waals surface area contributed by atoms with Gasteiger partial charge in [0.05, 0.1) is 24.5 Å². The van der Waals surface area contributed by atoms with Crippen molar-refractivity contribution in [2.45, 2.75) is 32.7 Å². The zero-order valence-electron chi connectivity index (χ0n) is 15.7. The molecule has 1 aromatic heterocycles. The Morgan fingerprint density at radius 2 is 2.07 bits per heavy atom. The third-order valence-corrected chi connectivity index (χ3v) is 4.72. The summed E-state index contributed by atoms with van der Waals surface area (Å²) < 4.78 is 10.8. The van der Waals surface area contributed by atoms with E-state index in [1.54, 1.807) is 24.3 Å². The van der Waals surface area contributed by atoms with Crippen LogP contribution in [-0.4, -0.2) is 35.4 Å². The minimum atomic E-state index is -0.753. The van der Waals surface area contributed by atoms with Crippen molar-refractivity contribution < 1.29 is 23.8 Å². The highest BCUT2D eigenvalue weighted by Gasteiger charge is 2.47. The highest BCUT2D eigenvalue weighted by atomic mass is 16.5. The number of aliphatic hydroxyl groups excluding tert-OH is 1. The van der Waals surface area contributed by atoms with Crippen molar-refractivity contribution in [1.29, 1.82) is 0 Å². The summed E-state index contributed by atoms with van der Waals surface area (Å²) in [6, 6.07) is 7.95. The lowest BCUT2D eigenvalue weighted by Crippen LogP contribution is -2.30. The normalized spacial score (nSPS) is 18.9. The van der Waals surface area contributed by atoms with Gasteiger partial charge in [-0.05, 0) is 37.6 Å². The number of nitrogens with zero attached hydrogens (tertiary/aromatic N) is 1. The second kappa shape index (κ2) is 7.70. The molecule has 1 saturated heterocycles. The fraction of sp³-hybridized carbons (Fsp3) is 0.333. The van der Waals surface area contributed by atoms with Gasteiger partial charge >= 0.3 is 0 Å². The lowest BCUT2D eigenvalue weighted by atomic mass is 9.98. The van der Waals surface area contributed by atoms with Crippen molar-refractivity contribution in [3.05, 3.63) is 59.1 Å². The van der Waals surface area contributed by atoms with E-state index >= 15 is 0 Å². The van der Waals surface area contributed by atoms with Crippen LogP contribution in [0.5, 0.6) is 5.75 Å². The largest absolute Gasteiger partial charge is 0.507 e. The van der Waals surface area contributed by atoms with Gasteiger partial charge in [-0.2, -0.15) is 0 Å². The summed E-state index contributed by atoms with van der Waals surface area (Å²) in [5.41, 5.74) is 1.30. The first-order chi connectivity index (χ1) is 13.0. The molecule has 1 aliphatic rings. The molecule has 1 fully saturated rings. The van der Waals surface area contributed by atoms with Gasteiger partial charge in [0.25, 0.3) is 11.7 Å². The molecule has 6 nitrogen and oxygen atoms in total. The Labute approximate surface area is 158 Å². The Kier molecular flexibility index (Phi) is 5.35. The van der Waals surface area contributed by atoms with Gasteiger partial charge in [0, 0.05) is 6.54 Å². The van der Waals surface area contributed by atoms with Gasteiger partial charge in [0.1, 0.15) is 23.3 Å². The highest BCUT2D eigenvalue weighted by molar-refractivity contribution is 6.46. The van der Waals surface area contributed by atoms with Crippen molar-refractivity contribution in [3.8, 4) is 5.75 Å². The first-order valence-corrected chi connectivity index (χ1v) is 8.96. The molecule has 0 bridgehead atoms. The Morgan fingerprint density at radius 1 is 1.30 bits per heavy atom. The second-order valence-corrected chi connectivity index (χ2v) is 6.57. The highest BCUT2D eigenvalue weighted by Crippen LogP contribution is 2.41. The van der Waals surface area contributed by atoms with E-state index in [4.69, 9.17) is 9.15 Å². The molecule has 1 aromatic carbocycles. The van der Waals surface area contributed by atoms with Crippen LogP contribution in [-0.2, 0) is 9.59 Å². The first kappa shape index (κ1) is 18.8. The topological polar surface area (TPSA) is 80.0 Å². The fourth-order valence-electron chi connectivity index (χ4n) is 3.33. The molecule has 1 unspecified atom stereocenters. The summed E-state index contributed by atoms with van der Waals surface area (Å²) in [6.45, 7) is 4.30. The van der Waals surface area contributed by atoms with Crippen molar-refractivity contribution >= 4 is 17.4 Å². The van der Waals surface area contributed by atoms with Gasteiger partial charge in [-0.3, -0.25) is 9.59 Å². The van der Waals surface area contributed by atoms with E-state index in [1.807, 2.05) is 19.9 Å². The number of rotatable bonds is 6. The lowest BCUT2D eigenvalue weighted by molar-refractivity contribution is -0.140. The van der Waals surface area contributed by atoms with E-state index in [1.165, 1.54) is 18.3 Å². The summed E-state index contributed by atoms with van der Waals surface area (Å²) in [6.07, 6.45) is 3.11. The molecule has 6 heteroatoms. The molecular formula is C21H23NO5. The standard InChI is InChI=1S/C21H23NO5/c1-4-5-10-22-18(16-7-6-11-27-16)17(20(24)21(22)25)19(23)14-12-13(2)8-9-15(14)26-3/h6-9,11-12,18,23H,4-5,10H2,1-3H3/b19-17-. The molecule has 0 spiro atoms. The van der Waals surface area contributed by atoms with Gasteiger partial charge in [-0.25, -0.2) is 0 Å². The number of likely N-dealkylation sites (tertiary alicyclic amines) is 1. The van der Waals surface area contributed by atoms with Crippen LogP contribution in [0.25, 0.3) is 5.76 Å². The van der Waals surface area contributed by atoms with Crippen LogP contribution in [0.15, 0.2) is 46.6 Å². The number of aliphatic hydroxyl groups is 1. The Bertz CT molecular complexity index is 882. The van der Waals surface area contributed by atoms with Crippen molar-refractivity contribution in [1.82, 2.24) is 4.90 Å². The minimum absolute atomic E-state index is 0.0231. The number of ether oxygens (including phenoxy) is 1. The number of carbonyl (C=O) groups is 2. The summed E-state index contributed by atoms with van der Waals surface area (Å²) in [5, 5.41) is 11.0. The Hall–Kier alpha value is -3.02. The maximum atomic E-state index is 12.8. The first-order valence-electron chi connectivity index (χ1n) is 8.96. The number of Topliss-reactive ketones (excluding diaryl/α,β-unsaturated/α-hetero) is 1. The second-order valence-electron chi connectivity index (χ2n) is 6.57. The van der Waals surface area contributed by atoms with Crippen LogP contribution in [0.2, 0.25) is 0 Å². The molecular weight excluding hydrogens is 346 g/mol. The molecule has 27 heavy (non-hydrogen) atoms. The number of carbonyl (C=O) groups excluding carboxylic acids is 2. The van der Waals surface area contributed by atoms with E-state index in [0.717, 1.165) is 18.4 Å². The van der Waals surface area contributed by atoms with Crippen LogP contribution >= 0.6 is 0 Å². The molecule has 2 aromatic rings.